The molecule has 0 unspecified atom stereocenters. The van der Waals surface area contributed by atoms with Crippen LogP contribution < -0.4 is 10.6 Å². The van der Waals surface area contributed by atoms with Gasteiger partial charge in [-0.15, -0.1) is 0 Å². The van der Waals surface area contributed by atoms with E-state index in [0.717, 1.165) is 0 Å². The van der Waals surface area contributed by atoms with E-state index in [-0.39, 0.29) is 25.4 Å². The third-order valence-electron chi connectivity index (χ3n) is 4.98. The maximum absolute atomic E-state index is 13.1. The van der Waals surface area contributed by atoms with Gasteiger partial charge in [0.2, 0.25) is 17.7 Å². The summed E-state index contributed by atoms with van der Waals surface area (Å²) in [6, 6.07) is 7.25. The first kappa shape index (κ1) is 22.8. The number of hydrogen-bond donors (Lipinski definition) is 4. The Kier molecular flexibility index (Phi) is 7.37. The van der Waals surface area contributed by atoms with Gasteiger partial charge in [0, 0.05) is 26.4 Å². The van der Waals surface area contributed by atoms with Crippen molar-refractivity contribution in [1.29, 1.82) is 0 Å². The van der Waals surface area contributed by atoms with E-state index in [2.05, 4.69) is 10.6 Å². The van der Waals surface area contributed by atoms with Crippen molar-refractivity contribution < 1.29 is 24.6 Å². The average molecular weight is 405 g/mol. The molecule has 0 spiro atoms. The molecule has 4 atom stereocenters. The maximum atomic E-state index is 13.1. The minimum atomic E-state index is -0.877. The molecule has 0 aliphatic carbocycles. The Morgan fingerprint density at radius 2 is 1.83 bits per heavy atom. The minimum absolute atomic E-state index is 0.00807. The van der Waals surface area contributed by atoms with Crippen LogP contribution in [0, 0.1) is 5.41 Å². The average Bonchev–Trinajstić information content (AvgIpc) is 3.05. The van der Waals surface area contributed by atoms with E-state index in [0.29, 0.717) is 5.56 Å². The normalized spacial score (nSPS) is 21.4. The molecule has 1 heterocycles. The number of carbonyl (C=O) groups is 3. The summed E-state index contributed by atoms with van der Waals surface area (Å²) < 4.78 is 0. The molecule has 2 rings (SSSR count). The Bertz CT molecular complexity index is 732. The van der Waals surface area contributed by atoms with Gasteiger partial charge in [0.25, 0.3) is 0 Å². The first-order chi connectivity index (χ1) is 13.5. The number of aliphatic hydroxyl groups excluding tert-OH is 2. The van der Waals surface area contributed by atoms with E-state index < -0.39 is 41.5 Å². The fraction of sp³-hybridized carbons (Fsp3) is 0.571. The van der Waals surface area contributed by atoms with Gasteiger partial charge in [0.05, 0.1) is 12.2 Å². The number of likely N-dealkylation sites (tertiary alicyclic amines) is 1. The summed E-state index contributed by atoms with van der Waals surface area (Å²) in [6.45, 7) is 6.81. The predicted octanol–water partition coefficient (Wildman–Crippen LogP) is 0.349. The SMILES string of the molecule is CC(=O)N[C@H](C(=O)N1C[C@H](O)C[C@H]1C(=O)NC[C@@H](O)c1ccccc1)C(C)(C)C. The molecular weight excluding hydrogens is 374 g/mol. The molecule has 0 saturated carbocycles. The van der Waals surface area contributed by atoms with Gasteiger partial charge in [0.15, 0.2) is 0 Å². The number of nitrogens with zero attached hydrogens (tertiary/aromatic N) is 1. The fourth-order valence-corrected chi connectivity index (χ4v) is 3.43. The molecule has 8 heteroatoms. The summed E-state index contributed by atoms with van der Waals surface area (Å²) in [4.78, 5) is 38.7. The van der Waals surface area contributed by atoms with Gasteiger partial charge in [0.1, 0.15) is 12.1 Å². The summed E-state index contributed by atoms with van der Waals surface area (Å²) in [5, 5.41) is 25.6. The van der Waals surface area contributed by atoms with E-state index in [1.165, 1.54) is 11.8 Å². The van der Waals surface area contributed by atoms with Gasteiger partial charge in [-0.05, 0) is 11.0 Å². The van der Waals surface area contributed by atoms with E-state index in [4.69, 9.17) is 0 Å². The minimum Gasteiger partial charge on any atom is -0.391 e. The lowest BCUT2D eigenvalue weighted by atomic mass is 9.85. The molecular formula is C21H31N3O5. The van der Waals surface area contributed by atoms with E-state index in [1.54, 1.807) is 24.3 Å². The molecule has 8 nitrogen and oxygen atoms in total. The lowest BCUT2D eigenvalue weighted by Crippen LogP contribution is -2.57. The van der Waals surface area contributed by atoms with Gasteiger partial charge in [-0.2, -0.15) is 0 Å². The topological polar surface area (TPSA) is 119 Å². The second kappa shape index (κ2) is 9.37. The molecule has 0 aromatic heterocycles. The van der Waals surface area contributed by atoms with Crippen LogP contribution in [0.4, 0.5) is 0 Å². The summed E-state index contributed by atoms with van der Waals surface area (Å²) in [7, 11) is 0. The van der Waals surface area contributed by atoms with Crippen molar-refractivity contribution in [2.75, 3.05) is 13.1 Å². The number of carbonyl (C=O) groups excluding carboxylic acids is 3. The van der Waals surface area contributed by atoms with Crippen molar-refractivity contribution in [2.24, 2.45) is 5.41 Å². The maximum Gasteiger partial charge on any atom is 0.246 e. The summed E-state index contributed by atoms with van der Waals surface area (Å²) in [5.74, 6) is -1.20. The van der Waals surface area contributed by atoms with Crippen molar-refractivity contribution in [2.45, 2.75) is 58.4 Å². The quantitative estimate of drug-likeness (QED) is 0.545. The molecule has 1 aromatic carbocycles. The van der Waals surface area contributed by atoms with Crippen molar-refractivity contribution in [1.82, 2.24) is 15.5 Å². The lowest BCUT2D eigenvalue weighted by Gasteiger charge is -2.35. The second-order valence-electron chi connectivity index (χ2n) is 8.57. The number of rotatable bonds is 6. The lowest BCUT2D eigenvalue weighted by molar-refractivity contribution is -0.143. The Morgan fingerprint density at radius 3 is 2.38 bits per heavy atom. The molecule has 160 valence electrons. The molecule has 1 saturated heterocycles. The summed E-state index contributed by atoms with van der Waals surface area (Å²) >= 11 is 0. The first-order valence-corrected chi connectivity index (χ1v) is 9.77. The third-order valence-corrected chi connectivity index (χ3v) is 4.98. The van der Waals surface area contributed by atoms with Crippen LogP contribution in [0.15, 0.2) is 30.3 Å². The van der Waals surface area contributed by atoms with Gasteiger partial charge in [-0.3, -0.25) is 14.4 Å². The molecule has 0 radical (unpaired) electrons. The van der Waals surface area contributed by atoms with E-state index in [1.807, 2.05) is 26.8 Å². The standard InChI is InChI=1S/C21H31N3O5/c1-13(25)23-18(21(2,3)4)20(29)24-12-15(26)10-16(24)19(28)22-11-17(27)14-8-6-5-7-9-14/h5-9,15-18,26-27H,10-12H2,1-4H3,(H,22,28)(H,23,25)/t15-,16+,17-,18-/m1/s1. The van der Waals surface area contributed by atoms with Crippen LogP contribution in [0.3, 0.4) is 0 Å². The van der Waals surface area contributed by atoms with E-state index >= 15 is 0 Å². The van der Waals surface area contributed by atoms with Gasteiger partial charge in [-0.1, -0.05) is 51.1 Å². The van der Waals surface area contributed by atoms with Crippen LogP contribution in [0.25, 0.3) is 0 Å². The smallest absolute Gasteiger partial charge is 0.246 e. The first-order valence-electron chi connectivity index (χ1n) is 9.77. The third kappa shape index (κ3) is 6.01. The number of nitrogens with one attached hydrogen (secondary N) is 2. The molecule has 29 heavy (non-hydrogen) atoms. The van der Waals surface area contributed by atoms with Crippen LogP contribution in [0.2, 0.25) is 0 Å². The van der Waals surface area contributed by atoms with Crippen LogP contribution in [0.1, 0.15) is 45.8 Å². The van der Waals surface area contributed by atoms with E-state index in [9.17, 15) is 24.6 Å². The Labute approximate surface area is 171 Å². The van der Waals surface area contributed by atoms with Crippen molar-refractivity contribution in [3.05, 3.63) is 35.9 Å². The zero-order chi connectivity index (χ0) is 21.8. The largest absolute Gasteiger partial charge is 0.391 e. The number of benzene rings is 1. The predicted molar refractivity (Wildman–Crippen MR) is 108 cm³/mol. The summed E-state index contributed by atoms with van der Waals surface area (Å²) in [5.41, 5.74) is 0.103. The van der Waals surface area contributed by atoms with Crippen LogP contribution >= 0.6 is 0 Å². The highest BCUT2D eigenvalue weighted by Crippen LogP contribution is 2.26. The van der Waals surface area contributed by atoms with Crippen molar-refractivity contribution in [3.63, 3.8) is 0 Å². The highest BCUT2D eigenvalue weighted by atomic mass is 16.3. The van der Waals surface area contributed by atoms with Gasteiger partial charge >= 0.3 is 0 Å². The number of amides is 3. The highest BCUT2D eigenvalue weighted by molar-refractivity contribution is 5.92. The number of hydrogen-bond acceptors (Lipinski definition) is 5. The molecule has 0 bridgehead atoms. The van der Waals surface area contributed by atoms with Crippen LogP contribution in [0.5, 0.6) is 0 Å². The molecule has 1 aliphatic heterocycles. The Hall–Kier alpha value is -2.45. The van der Waals surface area contributed by atoms with Crippen molar-refractivity contribution in [3.8, 4) is 0 Å². The van der Waals surface area contributed by atoms with Crippen molar-refractivity contribution >= 4 is 17.7 Å². The number of aliphatic hydroxyl groups is 2. The zero-order valence-electron chi connectivity index (χ0n) is 17.4. The van der Waals surface area contributed by atoms with Crippen LogP contribution in [-0.2, 0) is 14.4 Å². The highest BCUT2D eigenvalue weighted by Gasteiger charge is 2.44. The Balaban J connectivity index is 2.09. The monoisotopic (exact) mass is 405 g/mol. The van der Waals surface area contributed by atoms with Gasteiger partial charge < -0.3 is 25.7 Å². The molecule has 4 N–H and O–H groups in total. The number of β-amino-alcohol motifs (C(OH)–C–C–N with tert-alkyl or cyclic N) is 1. The summed E-state index contributed by atoms with van der Waals surface area (Å²) in [6.07, 6.45) is -1.60. The Morgan fingerprint density at radius 1 is 1.21 bits per heavy atom. The molecule has 1 aromatic rings. The zero-order valence-corrected chi connectivity index (χ0v) is 17.4. The molecule has 1 fully saturated rings. The van der Waals surface area contributed by atoms with Gasteiger partial charge in [-0.25, -0.2) is 0 Å². The second-order valence-corrected chi connectivity index (χ2v) is 8.57. The van der Waals surface area contributed by atoms with Crippen LogP contribution in [-0.4, -0.2) is 64.1 Å². The fourth-order valence-electron chi connectivity index (χ4n) is 3.43. The molecule has 3 amide bonds. The molecule has 1 aliphatic rings.